The van der Waals surface area contributed by atoms with Crippen LogP contribution in [0.15, 0.2) is 18.2 Å². The van der Waals surface area contributed by atoms with Crippen LogP contribution >= 0.6 is 0 Å². The lowest BCUT2D eigenvalue weighted by Crippen LogP contribution is -2.37. The monoisotopic (exact) mass is 248 g/mol. The van der Waals surface area contributed by atoms with Gasteiger partial charge in [0, 0.05) is 26.7 Å². The number of hydrogen-bond donors (Lipinski definition) is 1. The van der Waals surface area contributed by atoms with Gasteiger partial charge in [0.15, 0.2) is 0 Å². The third-order valence-corrected chi connectivity index (χ3v) is 3.25. The van der Waals surface area contributed by atoms with E-state index in [2.05, 4.69) is 0 Å². The first-order chi connectivity index (χ1) is 8.52. The number of carboxylic acid groups (broad SMARTS) is 1. The summed E-state index contributed by atoms with van der Waals surface area (Å²) in [6.45, 7) is 3.62. The summed E-state index contributed by atoms with van der Waals surface area (Å²) in [5.74, 6) is -0.937. The van der Waals surface area contributed by atoms with Gasteiger partial charge >= 0.3 is 12.0 Å². The van der Waals surface area contributed by atoms with Crippen LogP contribution in [0.3, 0.4) is 0 Å². The third kappa shape index (κ3) is 2.16. The highest BCUT2D eigenvalue weighted by Crippen LogP contribution is 2.24. The van der Waals surface area contributed by atoms with Crippen molar-refractivity contribution in [2.75, 3.05) is 13.6 Å². The molecule has 1 aromatic carbocycles. The van der Waals surface area contributed by atoms with E-state index in [0.717, 1.165) is 11.1 Å². The maximum atomic E-state index is 12.0. The fourth-order valence-electron chi connectivity index (χ4n) is 2.04. The SMILES string of the molecule is CCN(C)C(=O)N1Cc2ccc(C(=O)O)cc2C1. The van der Waals surface area contributed by atoms with Crippen LogP contribution in [-0.2, 0) is 13.1 Å². The number of nitrogens with zero attached hydrogens (tertiary/aromatic N) is 2. The molecule has 1 aromatic rings. The summed E-state index contributed by atoms with van der Waals surface area (Å²) in [7, 11) is 1.76. The number of benzene rings is 1. The molecule has 5 nitrogen and oxygen atoms in total. The van der Waals surface area contributed by atoms with Crippen molar-refractivity contribution >= 4 is 12.0 Å². The average Bonchev–Trinajstić information content (AvgIpc) is 2.79. The number of rotatable bonds is 2. The van der Waals surface area contributed by atoms with Crippen molar-refractivity contribution in [3.63, 3.8) is 0 Å². The van der Waals surface area contributed by atoms with Gasteiger partial charge in [0.1, 0.15) is 0 Å². The molecule has 0 saturated carbocycles. The average molecular weight is 248 g/mol. The van der Waals surface area contributed by atoms with Gasteiger partial charge in [0.05, 0.1) is 5.56 Å². The molecule has 2 amide bonds. The largest absolute Gasteiger partial charge is 0.478 e. The Hall–Kier alpha value is -2.04. The van der Waals surface area contributed by atoms with E-state index in [0.29, 0.717) is 19.6 Å². The number of carboxylic acids is 1. The highest BCUT2D eigenvalue weighted by molar-refractivity contribution is 5.88. The minimum absolute atomic E-state index is 0.0226. The second-order valence-corrected chi connectivity index (χ2v) is 4.44. The normalized spacial score (nSPS) is 13.3. The van der Waals surface area contributed by atoms with E-state index >= 15 is 0 Å². The second-order valence-electron chi connectivity index (χ2n) is 4.44. The number of aromatic carboxylic acids is 1. The van der Waals surface area contributed by atoms with Crippen molar-refractivity contribution in [3.05, 3.63) is 34.9 Å². The molecule has 0 aliphatic carbocycles. The second kappa shape index (κ2) is 4.68. The Morgan fingerprint density at radius 2 is 2.00 bits per heavy atom. The molecule has 18 heavy (non-hydrogen) atoms. The number of fused-ring (bicyclic) bond motifs is 1. The van der Waals surface area contributed by atoms with E-state index in [4.69, 9.17) is 5.11 Å². The van der Waals surface area contributed by atoms with Crippen LogP contribution < -0.4 is 0 Å². The molecule has 0 saturated heterocycles. The summed E-state index contributed by atoms with van der Waals surface area (Å²) in [4.78, 5) is 26.2. The van der Waals surface area contributed by atoms with Crippen LogP contribution in [0.1, 0.15) is 28.4 Å². The van der Waals surface area contributed by atoms with Crippen LogP contribution in [0.2, 0.25) is 0 Å². The van der Waals surface area contributed by atoms with Gasteiger partial charge in [-0.2, -0.15) is 0 Å². The van der Waals surface area contributed by atoms with Crippen molar-refractivity contribution < 1.29 is 14.7 Å². The molecular formula is C13H16N2O3. The van der Waals surface area contributed by atoms with Crippen molar-refractivity contribution in [2.45, 2.75) is 20.0 Å². The lowest BCUT2D eigenvalue weighted by molar-refractivity contribution is 0.0696. The summed E-state index contributed by atoms with van der Waals surface area (Å²) >= 11 is 0. The maximum Gasteiger partial charge on any atom is 0.335 e. The minimum atomic E-state index is -0.937. The molecule has 1 aliphatic rings. The predicted octanol–water partition coefficient (Wildman–Crippen LogP) is 1.77. The topological polar surface area (TPSA) is 60.9 Å². The smallest absolute Gasteiger partial charge is 0.335 e. The summed E-state index contributed by atoms with van der Waals surface area (Å²) in [5, 5.41) is 8.93. The number of urea groups is 1. The lowest BCUT2D eigenvalue weighted by atomic mass is 10.1. The molecule has 0 bridgehead atoms. The van der Waals surface area contributed by atoms with Gasteiger partial charge in [-0.15, -0.1) is 0 Å². The predicted molar refractivity (Wildman–Crippen MR) is 66.3 cm³/mol. The van der Waals surface area contributed by atoms with Crippen molar-refractivity contribution in [1.82, 2.24) is 9.80 Å². The summed E-state index contributed by atoms with van der Waals surface area (Å²) in [6.07, 6.45) is 0. The van der Waals surface area contributed by atoms with E-state index in [-0.39, 0.29) is 11.6 Å². The summed E-state index contributed by atoms with van der Waals surface area (Å²) in [6, 6.07) is 5.00. The molecule has 1 aliphatic heterocycles. The van der Waals surface area contributed by atoms with Crippen LogP contribution in [0.4, 0.5) is 4.79 Å². The Morgan fingerprint density at radius 3 is 2.61 bits per heavy atom. The zero-order valence-electron chi connectivity index (χ0n) is 10.5. The van der Waals surface area contributed by atoms with Gasteiger partial charge in [0.2, 0.25) is 0 Å². The van der Waals surface area contributed by atoms with Crippen molar-refractivity contribution in [2.24, 2.45) is 0 Å². The molecule has 1 heterocycles. The van der Waals surface area contributed by atoms with E-state index < -0.39 is 5.97 Å². The van der Waals surface area contributed by atoms with Gasteiger partial charge in [0.25, 0.3) is 0 Å². The molecule has 5 heteroatoms. The Bertz CT molecular complexity index is 499. The molecule has 0 atom stereocenters. The lowest BCUT2D eigenvalue weighted by Gasteiger charge is -2.22. The van der Waals surface area contributed by atoms with Gasteiger partial charge in [-0.25, -0.2) is 9.59 Å². The zero-order chi connectivity index (χ0) is 13.3. The quantitative estimate of drug-likeness (QED) is 0.867. The number of hydrogen-bond acceptors (Lipinski definition) is 2. The Kier molecular flexibility index (Phi) is 3.23. The van der Waals surface area contributed by atoms with Gasteiger partial charge < -0.3 is 14.9 Å². The van der Waals surface area contributed by atoms with Gasteiger partial charge in [-0.3, -0.25) is 0 Å². The fourth-order valence-corrected chi connectivity index (χ4v) is 2.04. The zero-order valence-corrected chi connectivity index (χ0v) is 10.5. The first-order valence-electron chi connectivity index (χ1n) is 5.88. The molecule has 0 fully saturated rings. The molecule has 1 N–H and O–H groups in total. The van der Waals surface area contributed by atoms with Gasteiger partial charge in [-0.1, -0.05) is 6.07 Å². The van der Waals surface area contributed by atoms with Crippen LogP contribution in [0, 0.1) is 0 Å². The number of amides is 2. The number of carbonyl (C=O) groups is 2. The highest BCUT2D eigenvalue weighted by Gasteiger charge is 2.25. The van der Waals surface area contributed by atoms with Crippen molar-refractivity contribution in [3.8, 4) is 0 Å². The van der Waals surface area contributed by atoms with Crippen LogP contribution in [0.25, 0.3) is 0 Å². The molecule has 0 radical (unpaired) electrons. The van der Waals surface area contributed by atoms with E-state index in [1.165, 1.54) is 0 Å². The fraction of sp³-hybridized carbons (Fsp3) is 0.385. The molecular weight excluding hydrogens is 232 g/mol. The van der Waals surface area contributed by atoms with E-state index in [1.54, 1.807) is 35.0 Å². The molecule has 0 aromatic heterocycles. The summed E-state index contributed by atoms with van der Waals surface area (Å²) < 4.78 is 0. The standard InChI is InChI=1S/C13H16N2O3/c1-3-14(2)13(18)15-7-10-5-4-9(12(16)17)6-11(10)8-15/h4-6H,3,7-8H2,1-2H3,(H,16,17). The molecule has 0 unspecified atom stereocenters. The Morgan fingerprint density at radius 1 is 1.33 bits per heavy atom. The molecule has 96 valence electrons. The van der Waals surface area contributed by atoms with E-state index in [9.17, 15) is 9.59 Å². The van der Waals surface area contributed by atoms with Crippen LogP contribution in [-0.4, -0.2) is 40.5 Å². The van der Waals surface area contributed by atoms with Gasteiger partial charge in [-0.05, 0) is 30.2 Å². The minimum Gasteiger partial charge on any atom is -0.478 e. The molecule has 0 spiro atoms. The first kappa shape index (κ1) is 12.4. The Balaban J connectivity index is 2.18. The van der Waals surface area contributed by atoms with E-state index in [1.807, 2.05) is 6.92 Å². The number of carbonyl (C=O) groups excluding carboxylic acids is 1. The van der Waals surface area contributed by atoms with Crippen molar-refractivity contribution in [1.29, 1.82) is 0 Å². The maximum absolute atomic E-state index is 12.0. The third-order valence-electron chi connectivity index (χ3n) is 3.25. The highest BCUT2D eigenvalue weighted by atomic mass is 16.4. The Labute approximate surface area is 106 Å². The molecule has 2 rings (SSSR count). The summed E-state index contributed by atoms with van der Waals surface area (Å²) in [5.41, 5.74) is 2.22. The first-order valence-corrected chi connectivity index (χ1v) is 5.88. The van der Waals surface area contributed by atoms with Crippen LogP contribution in [0.5, 0.6) is 0 Å².